The molecule has 0 saturated carbocycles. The molecule has 2 rings (SSSR count). The first-order chi connectivity index (χ1) is 8.59. The zero-order valence-electron chi connectivity index (χ0n) is 9.62. The van der Waals surface area contributed by atoms with E-state index >= 15 is 0 Å². The summed E-state index contributed by atoms with van der Waals surface area (Å²) in [5.74, 6) is -0.738. The minimum absolute atomic E-state index is 0.0501. The summed E-state index contributed by atoms with van der Waals surface area (Å²) in [7, 11) is 1.61. The van der Waals surface area contributed by atoms with Crippen molar-refractivity contribution < 1.29 is 14.7 Å². The van der Waals surface area contributed by atoms with Crippen LogP contribution in [0.1, 0.15) is 20.8 Å². The molecule has 6 nitrogen and oxygen atoms in total. The number of carbonyl (C=O) groups is 2. The Labute approximate surface area is 103 Å². The smallest absolute Gasteiger partial charge is 0.337 e. The summed E-state index contributed by atoms with van der Waals surface area (Å²) in [6.45, 7) is 0. The lowest BCUT2D eigenvalue weighted by atomic mass is 10.2. The van der Waals surface area contributed by atoms with Crippen molar-refractivity contribution in [3.05, 3.63) is 47.9 Å². The molecular weight excluding hydrogens is 234 g/mol. The van der Waals surface area contributed by atoms with Gasteiger partial charge in [-0.05, 0) is 24.3 Å². The number of hydrogen-bond donors (Lipinski definition) is 2. The average Bonchev–Trinajstić information content (AvgIpc) is 2.91. The van der Waals surface area contributed by atoms with Crippen LogP contribution < -0.4 is 4.90 Å². The van der Waals surface area contributed by atoms with Crippen molar-refractivity contribution in [2.24, 2.45) is 0 Å². The van der Waals surface area contributed by atoms with Crippen molar-refractivity contribution in [3.63, 3.8) is 0 Å². The normalized spacial score (nSPS) is 10.1. The van der Waals surface area contributed by atoms with E-state index in [2.05, 4.69) is 9.97 Å². The van der Waals surface area contributed by atoms with Crippen molar-refractivity contribution >= 4 is 17.7 Å². The van der Waals surface area contributed by atoms with Gasteiger partial charge in [0.1, 0.15) is 11.5 Å². The summed E-state index contributed by atoms with van der Waals surface area (Å²) < 4.78 is 0. The molecule has 0 atom stereocenters. The average molecular weight is 245 g/mol. The first-order valence-electron chi connectivity index (χ1n) is 5.20. The number of amides is 1. The molecule has 0 aliphatic heterocycles. The number of anilines is 1. The minimum Gasteiger partial charge on any atom is -0.478 e. The van der Waals surface area contributed by atoms with Crippen molar-refractivity contribution in [1.82, 2.24) is 9.97 Å². The van der Waals surface area contributed by atoms with Crippen LogP contribution in [0, 0.1) is 0 Å². The van der Waals surface area contributed by atoms with Crippen molar-refractivity contribution in [2.45, 2.75) is 0 Å². The Bertz CT molecular complexity index is 561. The molecule has 0 saturated heterocycles. The van der Waals surface area contributed by atoms with Crippen LogP contribution in [-0.4, -0.2) is 34.0 Å². The molecule has 18 heavy (non-hydrogen) atoms. The highest BCUT2D eigenvalue weighted by atomic mass is 16.4. The maximum absolute atomic E-state index is 12.0. The number of aromatic carboxylic acids is 1. The van der Waals surface area contributed by atoms with Crippen LogP contribution in [0.5, 0.6) is 0 Å². The summed E-state index contributed by atoms with van der Waals surface area (Å²) in [5.41, 5.74) is 0.242. The Balaban J connectivity index is 2.21. The Morgan fingerprint density at radius 2 is 2.11 bits per heavy atom. The van der Waals surface area contributed by atoms with E-state index < -0.39 is 5.97 Å². The number of hydrogen-bond acceptors (Lipinski definition) is 3. The summed E-state index contributed by atoms with van der Waals surface area (Å²) in [4.78, 5) is 30.8. The third kappa shape index (κ3) is 2.22. The van der Waals surface area contributed by atoms with Gasteiger partial charge < -0.3 is 10.1 Å². The molecule has 1 amide bonds. The van der Waals surface area contributed by atoms with E-state index in [0.717, 1.165) is 6.20 Å². The minimum atomic E-state index is -1.07. The second-order valence-corrected chi connectivity index (χ2v) is 3.66. The zero-order chi connectivity index (χ0) is 13.1. The molecule has 2 aromatic rings. The first-order valence-corrected chi connectivity index (χ1v) is 5.20. The predicted molar refractivity (Wildman–Crippen MR) is 64.7 cm³/mol. The van der Waals surface area contributed by atoms with Gasteiger partial charge in [-0.25, -0.2) is 4.79 Å². The SMILES string of the molecule is CN(C(=O)c1ccc(C(=O)O)cn1)c1ccc[nH]1. The van der Waals surface area contributed by atoms with Gasteiger partial charge in [-0.2, -0.15) is 0 Å². The largest absolute Gasteiger partial charge is 0.478 e. The van der Waals surface area contributed by atoms with Gasteiger partial charge in [-0.1, -0.05) is 0 Å². The van der Waals surface area contributed by atoms with Gasteiger partial charge in [-0.3, -0.25) is 14.7 Å². The van der Waals surface area contributed by atoms with E-state index in [0.29, 0.717) is 5.82 Å². The maximum atomic E-state index is 12.0. The highest BCUT2D eigenvalue weighted by Crippen LogP contribution is 2.11. The van der Waals surface area contributed by atoms with Crippen LogP contribution in [-0.2, 0) is 0 Å². The molecule has 2 heterocycles. The van der Waals surface area contributed by atoms with E-state index in [4.69, 9.17) is 5.11 Å². The highest BCUT2D eigenvalue weighted by molar-refractivity contribution is 6.04. The standard InChI is InChI=1S/C12H11N3O3/c1-15(10-3-2-6-13-10)11(16)9-5-4-8(7-14-9)12(17)18/h2-7,13H,1H3,(H,17,18). The topological polar surface area (TPSA) is 86.3 Å². The van der Waals surface area contributed by atoms with Gasteiger partial charge in [0.2, 0.25) is 0 Å². The van der Waals surface area contributed by atoms with E-state index in [9.17, 15) is 9.59 Å². The number of H-pyrrole nitrogens is 1. The highest BCUT2D eigenvalue weighted by Gasteiger charge is 2.15. The van der Waals surface area contributed by atoms with Gasteiger partial charge in [0, 0.05) is 19.4 Å². The Hall–Kier alpha value is -2.63. The Morgan fingerprint density at radius 1 is 1.33 bits per heavy atom. The lowest BCUT2D eigenvalue weighted by molar-refractivity contribution is 0.0695. The summed E-state index contributed by atoms with van der Waals surface area (Å²) in [5, 5.41) is 8.73. The molecule has 0 aromatic carbocycles. The second kappa shape index (κ2) is 4.70. The van der Waals surface area contributed by atoms with Crippen molar-refractivity contribution in [2.75, 3.05) is 11.9 Å². The van der Waals surface area contributed by atoms with Crippen molar-refractivity contribution in [1.29, 1.82) is 0 Å². The molecule has 0 spiro atoms. The van der Waals surface area contributed by atoms with Gasteiger partial charge in [0.25, 0.3) is 5.91 Å². The monoisotopic (exact) mass is 245 g/mol. The summed E-state index contributed by atoms with van der Waals surface area (Å²) >= 11 is 0. The van der Waals surface area contributed by atoms with E-state index in [1.807, 2.05) is 0 Å². The number of rotatable bonds is 3. The number of carboxylic acid groups (broad SMARTS) is 1. The van der Waals surface area contributed by atoms with Crippen LogP contribution in [0.3, 0.4) is 0 Å². The van der Waals surface area contributed by atoms with E-state index in [-0.39, 0.29) is 17.2 Å². The number of pyridine rings is 1. The molecule has 0 unspecified atom stereocenters. The number of carboxylic acids is 1. The third-order valence-electron chi connectivity index (χ3n) is 2.48. The number of aromatic nitrogens is 2. The lowest BCUT2D eigenvalue weighted by Crippen LogP contribution is -2.27. The Morgan fingerprint density at radius 3 is 2.61 bits per heavy atom. The van der Waals surface area contributed by atoms with Crippen LogP contribution in [0.25, 0.3) is 0 Å². The molecular formula is C12H11N3O3. The van der Waals surface area contributed by atoms with E-state index in [1.54, 1.807) is 25.4 Å². The van der Waals surface area contributed by atoms with E-state index in [1.165, 1.54) is 17.0 Å². The molecule has 0 fully saturated rings. The molecule has 0 radical (unpaired) electrons. The van der Waals surface area contributed by atoms with Crippen molar-refractivity contribution in [3.8, 4) is 0 Å². The zero-order valence-corrected chi connectivity index (χ0v) is 9.62. The maximum Gasteiger partial charge on any atom is 0.337 e. The quantitative estimate of drug-likeness (QED) is 0.855. The molecule has 0 bridgehead atoms. The third-order valence-corrected chi connectivity index (χ3v) is 2.48. The second-order valence-electron chi connectivity index (χ2n) is 3.66. The Kier molecular flexibility index (Phi) is 3.09. The van der Waals surface area contributed by atoms with Gasteiger partial charge in [0.15, 0.2) is 0 Å². The van der Waals surface area contributed by atoms with Gasteiger partial charge in [-0.15, -0.1) is 0 Å². The number of nitrogens with zero attached hydrogens (tertiary/aromatic N) is 2. The van der Waals surface area contributed by atoms with Crippen LogP contribution >= 0.6 is 0 Å². The fraction of sp³-hybridized carbons (Fsp3) is 0.0833. The van der Waals surface area contributed by atoms with Gasteiger partial charge in [0.05, 0.1) is 5.56 Å². The molecule has 6 heteroatoms. The lowest BCUT2D eigenvalue weighted by Gasteiger charge is -2.14. The summed E-state index contributed by atoms with van der Waals surface area (Å²) in [6, 6.07) is 6.28. The fourth-order valence-electron chi connectivity index (χ4n) is 1.46. The predicted octanol–water partition coefficient (Wildman–Crippen LogP) is 1.38. The molecule has 2 aromatic heterocycles. The van der Waals surface area contributed by atoms with Crippen LogP contribution in [0.2, 0.25) is 0 Å². The molecule has 0 aliphatic rings. The van der Waals surface area contributed by atoms with Gasteiger partial charge >= 0.3 is 5.97 Å². The number of carbonyl (C=O) groups excluding carboxylic acids is 1. The molecule has 0 aliphatic carbocycles. The van der Waals surface area contributed by atoms with Crippen LogP contribution in [0.15, 0.2) is 36.7 Å². The number of aromatic amines is 1. The first kappa shape index (κ1) is 11.8. The van der Waals surface area contributed by atoms with Crippen LogP contribution in [0.4, 0.5) is 5.82 Å². The fourth-order valence-corrected chi connectivity index (χ4v) is 1.46. The number of nitrogens with one attached hydrogen (secondary N) is 1. The molecule has 2 N–H and O–H groups in total. The molecule has 92 valence electrons. The summed E-state index contributed by atoms with van der Waals surface area (Å²) in [6.07, 6.45) is 2.87.